The van der Waals surface area contributed by atoms with Crippen molar-refractivity contribution < 1.29 is 28.7 Å². The van der Waals surface area contributed by atoms with Crippen molar-refractivity contribution in [1.82, 2.24) is 30.4 Å². The molecule has 4 saturated heterocycles. The minimum Gasteiger partial charge on any atom is -0.449 e. The van der Waals surface area contributed by atoms with Gasteiger partial charge in [0.1, 0.15) is 0 Å². The summed E-state index contributed by atoms with van der Waals surface area (Å²) in [5.74, 6) is 3.26. The molecule has 0 saturated carbocycles. The molecule has 2 aromatic carbocycles. The highest BCUT2D eigenvalue weighted by molar-refractivity contribution is 9.11. The third kappa shape index (κ3) is 17.8. The summed E-state index contributed by atoms with van der Waals surface area (Å²) >= 11 is 30.5. The Kier molecular flexibility index (Phi) is 24.2. The molecule has 6 aliphatic rings. The number of nitrogens with one attached hydrogen (secondary N) is 2. The van der Waals surface area contributed by atoms with Gasteiger partial charge >= 0.3 is 12.2 Å². The molecule has 4 unspecified atom stereocenters. The van der Waals surface area contributed by atoms with E-state index in [4.69, 9.17) is 49.5 Å². The first-order chi connectivity index (χ1) is 38.6. The largest absolute Gasteiger partial charge is 0.449 e. The van der Waals surface area contributed by atoms with Crippen molar-refractivity contribution in [3.63, 3.8) is 0 Å². The van der Waals surface area contributed by atoms with Crippen LogP contribution in [0.5, 0.6) is 0 Å². The summed E-state index contributed by atoms with van der Waals surface area (Å²) in [4.78, 5) is 59.9. The highest BCUT2D eigenvalue weighted by Crippen LogP contribution is 2.44. The van der Waals surface area contributed by atoms with E-state index in [-0.39, 0.29) is 29.9 Å². The van der Waals surface area contributed by atoms with Crippen LogP contribution < -0.4 is 10.6 Å². The molecule has 4 aliphatic heterocycles. The number of hydrogen-bond donors (Lipinski definition) is 2. The second kappa shape index (κ2) is 30.9. The lowest BCUT2D eigenvalue weighted by Crippen LogP contribution is -2.39. The van der Waals surface area contributed by atoms with Gasteiger partial charge in [-0.3, -0.25) is 19.6 Å². The minimum atomic E-state index is -0.334. The average Bonchev–Trinajstić information content (AvgIpc) is 3.70. The fourth-order valence-electron chi connectivity index (χ4n) is 12.6. The first kappa shape index (κ1) is 62.6. The second-order valence-corrected chi connectivity index (χ2v) is 26.8. The van der Waals surface area contributed by atoms with Crippen molar-refractivity contribution in [1.29, 1.82) is 0 Å². The zero-order valence-electron chi connectivity index (χ0n) is 46.4. The Morgan fingerprint density at radius 2 is 1.06 bits per heavy atom. The molecule has 4 aromatic rings. The molecule has 12 nitrogen and oxygen atoms in total. The normalized spacial score (nSPS) is 20.9. The maximum absolute atomic E-state index is 12.7. The summed E-state index contributed by atoms with van der Waals surface area (Å²) < 4.78 is 12.8. The van der Waals surface area contributed by atoms with Crippen LogP contribution in [0.4, 0.5) is 9.59 Å². The zero-order valence-corrected chi connectivity index (χ0v) is 53.4. The summed E-state index contributed by atoms with van der Waals surface area (Å²) in [7, 11) is 0. The Bertz CT molecular complexity index is 2760. The molecule has 10 rings (SSSR count). The van der Waals surface area contributed by atoms with Crippen LogP contribution in [-0.4, -0.2) is 96.3 Å². The molecule has 4 atom stereocenters. The molecule has 0 spiro atoms. The number of unbranched alkanes of at least 4 members (excludes halogenated alkanes) is 2. The number of alkyl carbamates (subject to hydrolysis) is 2. The lowest BCUT2D eigenvalue weighted by Gasteiger charge is -2.32. The average molecular weight is 1350 g/mol. The number of ether oxygens (including phenoxy) is 2. The van der Waals surface area contributed by atoms with Gasteiger partial charge in [-0.2, -0.15) is 0 Å². The molecule has 2 aliphatic carbocycles. The number of nitrogens with zero attached hydrogens (tertiary/aromatic N) is 4. The lowest BCUT2D eigenvalue weighted by molar-refractivity contribution is -0.133. The third-order valence-electron chi connectivity index (χ3n) is 17.0. The molecular formula is C62H78Br3Cl3N6O6. The number of likely N-dealkylation sites (tertiary alicyclic amines) is 2. The van der Waals surface area contributed by atoms with Crippen LogP contribution >= 0.6 is 82.6 Å². The van der Waals surface area contributed by atoms with Gasteiger partial charge in [0.25, 0.3) is 0 Å². The van der Waals surface area contributed by atoms with Gasteiger partial charge in [-0.15, -0.1) is 0 Å². The number of carbonyl (C=O) groups excluding carboxylic acids is 4. The maximum atomic E-state index is 12.7. The van der Waals surface area contributed by atoms with E-state index in [1.54, 1.807) is 0 Å². The number of benzene rings is 2. The summed E-state index contributed by atoms with van der Waals surface area (Å²) in [5.41, 5.74) is 10.2. The van der Waals surface area contributed by atoms with Crippen molar-refractivity contribution in [3.05, 3.63) is 122 Å². The van der Waals surface area contributed by atoms with E-state index in [1.807, 2.05) is 43.3 Å². The number of halogens is 6. The molecule has 18 heteroatoms. The molecule has 0 bridgehead atoms. The number of carbonyl (C=O) groups is 4. The van der Waals surface area contributed by atoms with Gasteiger partial charge in [-0.05, 0) is 191 Å². The summed E-state index contributed by atoms with van der Waals surface area (Å²) in [6, 6.07) is 12.6. The van der Waals surface area contributed by atoms with Gasteiger partial charge in [-0.25, -0.2) is 9.59 Å². The number of fused-ring (bicyclic) bond motifs is 4. The van der Waals surface area contributed by atoms with E-state index in [0.29, 0.717) is 61.3 Å². The van der Waals surface area contributed by atoms with Crippen LogP contribution in [0.15, 0.2) is 62.2 Å². The fourth-order valence-corrected chi connectivity index (χ4v) is 15.2. The number of hydrogen-bond acceptors (Lipinski definition) is 8. The highest BCUT2D eigenvalue weighted by atomic mass is 79.9. The van der Waals surface area contributed by atoms with Gasteiger partial charge in [0.05, 0.1) is 24.6 Å². The molecule has 4 fully saturated rings. The van der Waals surface area contributed by atoms with Crippen molar-refractivity contribution in [2.75, 3.05) is 52.5 Å². The van der Waals surface area contributed by atoms with Crippen LogP contribution in [0, 0.1) is 23.7 Å². The number of amides is 4. The number of rotatable bonds is 15. The topological polar surface area (TPSA) is 143 Å². The number of piperidine rings is 2. The van der Waals surface area contributed by atoms with E-state index >= 15 is 0 Å². The van der Waals surface area contributed by atoms with Crippen LogP contribution in [0.25, 0.3) is 0 Å². The Hall–Kier alpha value is -3.47. The summed E-state index contributed by atoms with van der Waals surface area (Å²) in [5, 5.41) is 7.55. The zero-order chi connectivity index (χ0) is 56.7. The molecular weight excluding hydrogens is 1270 g/mol. The van der Waals surface area contributed by atoms with Gasteiger partial charge in [0, 0.05) is 117 Å². The van der Waals surface area contributed by atoms with E-state index in [1.165, 1.54) is 70.5 Å². The number of pyridine rings is 2. The molecule has 2 N–H and O–H groups in total. The van der Waals surface area contributed by atoms with Crippen LogP contribution in [0.1, 0.15) is 173 Å². The SMILES string of the molecule is CC1CNC(=O)OC1.CCC(=O)N1CCC(CCCCC2c3ncc(Br)cc3CCc3cc(Cl)cc(Cl)c32)CC1.O=C1NCC(CCCC(=O)N2CCC(CCCCC3c4ncc(Br)cc4CCc4cc(Cl)cc(Br)c43)CC2)CO1. The van der Waals surface area contributed by atoms with Crippen molar-refractivity contribution in [2.45, 2.75) is 154 Å². The maximum Gasteiger partial charge on any atom is 0.407 e. The minimum absolute atomic E-state index is 0.212. The monoisotopic (exact) mass is 1340 g/mol. The Morgan fingerprint density at radius 1 is 0.588 bits per heavy atom. The number of cyclic esters (lactones) is 2. The van der Waals surface area contributed by atoms with Crippen molar-refractivity contribution in [3.8, 4) is 0 Å². The number of aromatic nitrogens is 2. The molecule has 4 amide bonds. The Labute approximate surface area is 514 Å². The lowest BCUT2D eigenvalue weighted by atomic mass is 9.85. The predicted molar refractivity (Wildman–Crippen MR) is 329 cm³/mol. The standard InChI is InChI=1S/C31H38Br2ClN3O3.C26H31BrCl2N2O.C5H9NO2/c32-24-14-23-9-8-22-15-25(34)16-27(33)29(22)26(30(23)35-18-24)6-2-1-4-20-10-12-37(13-11-20)28(38)7-3-5-21-17-36-31(39)40-19-21;1-2-24(32)31-11-9-17(10-12-31)5-3-4-6-22-25-18(14-21(28)15-23(25)29)7-8-19-13-20(27)16-30-26(19)22;1-4-2-6-5(7)8-3-4/h14-16,18,20-21,26H,1-13,17,19H2,(H,36,39);13-17,22H,2-12H2,1H3;4H,2-3H2,1H3,(H,6,7). The number of aryl methyl sites for hydroxylation is 4. The van der Waals surface area contributed by atoms with E-state index in [2.05, 4.69) is 92.3 Å². The van der Waals surface area contributed by atoms with Gasteiger partial charge in [0.2, 0.25) is 11.8 Å². The quantitative estimate of drug-likeness (QED) is 0.112. The third-order valence-corrected chi connectivity index (χ3v) is 19.3. The summed E-state index contributed by atoms with van der Waals surface area (Å²) in [6.45, 7) is 10.0. The van der Waals surface area contributed by atoms with Crippen molar-refractivity contribution in [2.24, 2.45) is 23.7 Å². The highest BCUT2D eigenvalue weighted by Gasteiger charge is 2.31. The fraction of sp³-hybridized carbons (Fsp3) is 0.581. The Morgan fingerprint density at radius 3 is 1.57 bits per heavy atom. The van der Waals surface area contributed by atoms with Crippen molar-refractivity contribution >= 4 is 107 Å². The van der Waals surface area contributed by atoms with Crippen LogP contribution in [0.3, 0.4) is 0 Å². The molecule has 80 heavy (non-hydrogen) atoms. The smallest absolute Gasteiger partial charge is 0.407 e. The van der Waals surface area contributed by atoms with Crippen LogP contribution in [0.2, 0.25) is 15.1 Å². The van der Waals surface area contributed by atoms with E-state index in [0.717, 1.165) is 152 Å². The molecule has 434 valence electrons. The second-order valence-electron chi connectivity index (χ2n) is 22.8. The van der Waals surface area contributed by atoms with Gasteiger partial charge < -0.3 is 29.9 Å². The van der Waals surface area contributed by atoms with Gasteiger partial charge in [-0.1, -0.05) is 103 Å². The molecule has 0 radical (unpaired) electrons. The van der Waals surface area contributed by atoms with Crippen LogP contribution in [-0.2, 0) is 44.7 Å². The summed E-state index contributed by atoms with van der Waals surface area (Å²) in [6.07, 6.45) is 23.8. The molecule has 2 aromatic heterocycles. The van der Waals surface area contributed by atoms with E-state index in [9.17, 15) is 19.2 Å². The predicted octanol–water partition coefficient (Wildman–Crippen LogP) is 15.8. The molecule has 6 heterocycles. The van der Waals surface area contributed by atoms with Gasteiger partial charge in [0.15, 0.2) is 0 Å². The Balaban J connectivity index is 0.000000188. The first-order valence-electron chi connectivity index (χ1n) is 29.2. The first-order valence-corrected chi connectivity index (χ1v) is 32.7. The van der Waals surface area contributed by atoms with E-state index < -0.39 is 0 Å².